The van der Waals surface area contributed by atoms with Crippen LogP contribution in [0.15, 0.2) is 34.9 Å². The van der Waals surface area contributed by atoms with Gasteiger partial charge in [-0.2, -0.15) is 0 Å². The van der Waals surface area contributed by atoms with E-state index in [1.807, 2.05) is 0 Å². The topological polar surface area (TPSA) is 96.3 Å². The zero-order valence-electron chi connectivity index (χ0n) is 20.5. The number of phenolic OH excluding ortho intramolecular Hbond substituents is 1. The summed E-state index contributed by atoms with van der Waals surface area (Å²) in [7, 11) is 2.18. The summed E-state index contributed by atoms with van der Waals surface area (Å²) in [6, 6.07) is 4.94. The van der Waals surface area contributed by atoms with Crippen molar-refractivity contribution in [2.24, 2.45) is 17.8 Å². The standard InChI is InChI=1S/C26H33BClNO6/c1-4-5-15(10-16-7-8-18(30)12-21(16)28)6-9-22-23-17(14-34-3)11-19-24(20(23)13-27(33)35-22)26(32)29(2)25(19)31/h7-8,10,12,19-20,22,24,30,33H,4-6,9,11,13-14H2,1-3H3/b15-10+/t19-,20+,22-,24-/m1/s1. The van der Waals surface area contributed by atoms with Crippen LogP contribution < -0.4 is 0 Å². The van der Waals surface area contributed by atoms with Gasteiger partial charge in [0, 0.05) is 14.2 Å². The number of phenols is 1. The molecule has 2 amide bonds. The molecule has 0 radical (unpaired) electrons. The third kappa shape index (κ3) is 5.21. The minimum absolute atomic E-state index is 0.124. The van der Waals surface area contributed by atoms with Gasteiger partial charge in [-0.15, -0.1) is 0 Å². The van der Waals surface area contributed by atoms with Crippen LogP contribution in [0.3, 0.4) is 0 Å². The van der Waals surface area contributed by atoms with E-state index in [0.29, 0.717) is 30.8 Å². The number of ether oxygens (including phenoxy) is 1. The fourth-order valence-corrected chi connectivity index (χ4v) is 6.22. The van der Waals surface area contributed by atoms with Gasteiger partial charge in [0.15, 0.2) is 0 Å². The van der Waals surface area contributed by atoms with Crippen LogP contribution in [0.25, 0.3) is 6.08 Å². The Kier molecular flexibility index (Phi) is 8.06. The third-order valence-corrected chi connectivity index (χ3v) is 7.82. The van der Waals surface area contributed by atoms with E-state index in [1.54, 1.807) is 26.3 Å². The number of methoxy groups -OCH3 is 1. The molecule has 2 aliphatic heterocycles. The fraction of sp³-hybridized carbons (Fsp3) is 0.538. The number of imide groups is 1. The summed E-state index contributed by atoms with van der Waals surface area (Å²) in [5.74, 6) is -1.28. The smallest absolute Gasteiger partial charge is 0.455 e. The summed E-state index contributed by atoms with van der Waals surface area (Å²) in [5.41, 5.74) is 4.06. The Morgan fingerprint density at radius 2 is 2.06 bits per heavy atom. The third-order valence-electron chi connectivity index (χ3n) is 7.49. The second-order valence-electron chi connectivity index (χ2n) is 9.78. The maximum absolute atomic E-state index is 13.0. The van der Waals surface area contributed by atoms with Gasteiger partial charge in [0.25, 0.3) is 0 Å². The molecule has 0 saturated carbocycles. The summed E-state index contributed by atoms with van der Waals surface area (Å²) in [4.78, 5) is 27.0. The van der Waals surface area contributed by atoms with Gasteiger partial charge >= 0.3 is 7.12 Å². The van der Waals surface area contributed by atoms with Crippen molar-refractivity contribution in [3.63, 3.8) is 0 Å². The summed E-state index contributed by atoms with van der Waals surface area (Å²) >= 11 is 6.33. The normalized spacial score (nSPS) is 26.9. The largest absolute Gasteiger partial charge is 0.508 e. The number of carbonyl (C=O) groups excluding carboxylic acids is 2. The molecule has 9 heteroatoms. The molecule has 4 atom stereocenters. The molecule has 2 saturated heterocycles. The number of hydrogen-bond donors (Lipinski definition) is 2. The van der Waals surface area contributed by atoms with E-state index in [0.717, 1.165) is 36.0 Å². The van der Waals surface area contributed by atoms with Crippen molar-refractivity contribution >= 4 is 36.6 Å². The molecular weight excluding hydrogens is 469 g/mol. The van der Waals surface area contributed by atoms with Crippen LogP contribution in [0.2, 0.25) is 11.3 Å². The molecule has 35 heavy (non-hydrogen) atoms. The molecule has 0 bridgehead atoms. The van der Waals surface area contributed by atoms with Gasteiger partial charge in [-0.3, -0.25) is 14.5 Å². The molecule has 1 aromatic carbocycles. The molecule has 2 heterocycles. The molecule has 188 valence electrons. The first-order chi connectivity index (χ1) is 16.7. The molecule has 7 nitrogen and oxygen atoms in total. The summed E-state index contributed by atoms with van der Waals surface area (Å²) < 4.78 is 11.5. The van der Waals surface area contributed by atoms with E-state index in [2.05, 4.69) is 13.0 Å². The average Bonchev–Trinajstić information content (AvgIpc) is 3.03. The van der Waals surface area contributed by atoms with Gasteiger partial charge in [0.2, 0.25) is 11.8 Å². The Morgan fingerprint density at radius 3 is 2.74 bits per heavy atom. The van der Waals surface area contributed by atoms with E-state index in [4.69, 9.17) is 21.0 Å². The van der Waals surface area contributed by atoms with Gasteiger partial charge in [-0.05, 0) is 72.8 Å². The van der Waals surface area contributed by atoms with E-state index in [-0.39, 0.29) is 29.6 Å². The maximum Gasteiger partial charge on any atom is 0.455 e. The van der Waals surface area contributed by atoms with E-state index in [9.17, 15) is 19.7 Å². The number of nitrogens with zero attached hydrogens (tertiary/aromatic N) is 1. The second-order valence-corrected chi connectivity index (χ2v) is 10.2. The number of hydrogen-bond acceptors (Lipinski definition) is 6. The number of carbonyl (C=O) groups is 2. The number of likely N-dealkylation sites (tertiary alicyclic amines) is 1. The van der Waals surface area contributed by atoms with Crippen molar-refractivity contribution in [3.05, 3.63) is 45.5 Å². The highest BCUT2D eigenvalue weighted by Crippen LogP contribution is 2.50. The van der Waals surface area contributed by atoms with Crippen molar-refractivity contribution in [1.29, 1.82) is 0 Å². The lowest BCUT2D eigenvalue weighted by molar-refractivity contribution is -0.138. The van der Waals surface area contributed by atoms with Gasteiger partial charge in [-0.25, -0.2) is 0 Å². The second kappa shape index (κ2) is 10.9. The summed E-state index contributed by atoms with van der Waals surface area (Å²) in [5, 5.41) is 20.7. The van der Waals surface area contributed by atoms with Gasteiger partial charge in [0.05, 0.1) is 29.6 Å². The first-order valence-electron chi connectivity index (χ1n) is 12.3. The lowest BCUT2D eigenvalue weighted by Gasteiger charge is -2.43. The fourth-order valence-electron chi connectivity index (χ4n) is 5.99. The number of halogens is 1. The van der Waals surface area contributed by atoms with E-state index in [1.165, 1.54) is 16.5 Å². The monoisotopic (exact) mass is 501 g/mol. The van der Waals surface area contributed by atoms with Crippen molar-refractivity contribution in [3.8, 4) is 5.75 Å². The minimum Gasteiger partial charge on any atom is -0.508 e. The number of aromatic hydroxyl groups is 1. The summed E-state index contributed by atoms with van der Waals surface area (Å²) in [6.07, 6.45) is 5.67. The predicted octanol–water partition coefficient (Wildman–Crippen LogP) is 4.08. The Hall–Kier alpha value is -2.13. The SMILES string of the molecule is CCC/C(=C\c1ccc(O)cc1Cl)CC[C@H]1OB(O)C[C@H]2C1=C(COC)C[C@H]1C(=O)N(C)C(=O)[C@H]12. The molecule has 0 aromatic heterocycles. The highest BCUT2D eigenvalue weighted by molar-refractivity contribution is 6.43. The number of allylic oxidation sites excluding steroid dienone is 1. The lowest BCUT2D eigenvalue weighted by Crippen LogP contribution is -2.46. The number of fused-ring (bicyclic) bond motifs is 3. The minimum atomic E-state index is -0.991. The Balaban J connectivity index is 1.62. The number of amides is 2. The van der Waals surface area contributed by atoms with Crippen LogP contribution in [-0.4, -0.2) is 60.8 Å². The van der Waals surface area contributed by atoms with Crippen LogP contribution in [0.4, 0.5) is 0 Å². The number of benzene rings is 1. The van der Waals surface area contributed by atoms with Crippen LogP contribution in [0, 0.1) is 17.8 Å². The van der Waals surface area contributed by atoms with Gasteiger partial charge < -0.3 is 19.5 Å². The van der Waals surface area contributed by atoms with E-state index >= 15 is 0 Å². The van der Waals surface area contributed by atoms with Crippen molar-refractivity contribution < 1.29 is 29.1 Å². The summed E-state index contributed by atoms with van der Waals surface area (Å²) in [6.45, 7) is 2.49. The van der Waals surface area contributed by atoms with E-state index < -0.39 is 19.0 Å². The maximum atomic E-state index is 13.0. The molecule has 1 aromatic rings. The number of rotatable bonds is 8. The molecule has 3 aliphatic rings. The molecule has 2 N–H and O–H groups in total. The highest BCUT2D eigenvalue weighted by atomic mass is 35.5. The Bertz CT molecular complexity index is 1060. The first kappa shape index (κ1) is 26.0. The van der Waals surface area contributed by atoms with Crippen LogP contribution in [-0.2, 0) is 19.0 Å². The molecule has 4 rings (SSSR count). The molecular formula is C26H33BClNO6. The highest BCUT2D eigenvalue weighted by Gasteiger charge is 2.56. The van der Waals surface area contributed by atoms with Gasteiger partial charge in [0.1, 0.15) is 5.75 Å². The zero-order chi connectivity index (χ0) is 25.3. The van der Waals surface area contributed by atoms with Crippen LogP contribution in [0.5, 0.6) is 5.75 Å². The van der Waals surface area contributed by atoms with Crippen LogP contribution in [0.1, 0.15) is 44.6 Å². The predicted molar refractivity (Wildman–Crippen MR) is 135 cm³/mol. The van der Waals surface area contributed by atoms with Crippen LogP contribution >= 0.6 is 11.6 Å². The molecule has 0 unspecified atom stereocenters. The van der Waals surface area contributed by atoms with Crippen molar-refractivity contribution in [1.82, 2.24) is 4.90 Å². The van der Waals surface area contributed by atoms with Crippen molar-refractivity contribution in [2.75, 3.05) is 20.8 Å². The van der Waals surface area contributed by atoms with Gasteiger partial charge in [-0.1, -0.05) is 36.6 Å². The Labute approximate surface area is 211 Å². The first-order valence-corrected chi connectivity index (χ1v) is 12.7. The quantitative estimate of drug-likeness (QED) is 0.316. The van der Waals surface area contributed by atoms with Crippen molar-refractivity contribution in [2.45, 2.75) is 51.5 Å². The zero-order valence-corrected chi connectivity index (χ0v) is 21.3. The molecule has 2 fully saturated rings. The Morgan fingerprint density at radius 1 is 1.29 bits per heavy atom. The molecule has 1 aliphatic carbocycles. The molecule has 0 spiro atoms. The lowest BCUT2D eigenvalue weighted by atomic mass is 9.58. The average molecular weight is 502 g/mol.